The zero-order chi connectivity index (χ0) is 25.7. The van der Waals surface area contributed by atoms with Crippen LogP contribution < -0.4 is 10.6 Å². The summed E-state index contributed by atoms with van der Waals surface area (Å²) in [6.07, 6.45) is 3.87. The monoisotopic (exact) mass is 527 g/mol. The molecule has 3 aromatic rings. The van der Waals surface area contributed by atoms with Crippen molar-refractivity contribution in [3.05, 3.63) is 47.9 Å². The number of aromatic nitrogens is 3. The average Bonchev–Trinajstić information content (AvgIpc) is 3.23. The first kappa shape index (κ1) is 24.5. The first-order chi connectivity index (χ1) is 17.1. The molecule has 3 heterocycles. The van der Waals surface area contributed by atoms with Gasteiger partial charge in [0.05, 0.1) is 33.5 Å². The maximum Gasteiger partial charge on any atom is 0.223 e. The van der Waals surface area contributed by atoms with Crippen LogP contribution in [0.15, 0.2) is 37.0 Å². The van der Waals surface area contributed by atoms with Crippen LogP contribution in [-0.2, 0) is 14.6 Å². The lowest BCUT2D eigenvalue weighted by Crippen LogP contribution is -2.60. The van der Waals surface area contributed by atoms with Gasteiger partial charge in [-0.1, -0.05) is 19.6 Å². The highest BCUT2D eigenvalue weighted by atomic mass is 32.2. The second kappa shape index (κ2) is 9.04. The number of allylic oxidation sites excluding steroid dienone is 1. The molecule has 1 aliphatic carbocycles. The predicted octanol–water partition coefficient (Wildman–Crippen LogP) is 4.78. The van der Waals surface area contributed by atoms with E-state index in [2.05, 4.69) is 27.2 Å². The molecule has 0 bridgehead atoms. The van der Waals surface area contributed by atoms with Crippen molar-refractivity contribution in [2.75, 3.05) is 22.1 Å². The zero-order valence-electron chi connectivity index (χ0n) is 20.0. The van der Waals surface area contributed by atoms with E-state index < -0.39 is 15.7 Å². The molecule has 1 saturated heterocycles. The van der Waals surface area contributed by atoms with Crippen molar-refractivity contribution >= 4 is 44.3 Å². The number of amides is 1. The molecule has 1 aliphatic heterocycles. The molecule has 5 rings (SSSR count). The van der Waals surface area contributed by atoms with Crippen LogP contribution >= 0.6 is 11.3 Å². The van der Waals surface area contributed by atoms with Gasteiger partial charge in [0, 0.05) is 30.1 Å². The Morgan fingerprint density at radius 3 is 2.67 bits per heavy atom. The summed E-state index contributed by atoms with van der Waals surface area (Å²) < 4.78 is 38.6. The standard InChI is InChI=1S/C25H26FN5O3S2/c1-4-14(2)23-31-21(17-6-5-7-18(20(17)26)28-15(3)32)22(35-23)19-8-9-27-24(30-19)29-16-10-25(11-16)12-36(33,34)13-25/h5-9,16H,2,4,10-13H2,1,3H3,(H,28,32)(H,27,29,30). The third-order valence-electron chi connectivity index (χ3n) is 6.55. The van der Waals surface area contributed by atoms with Crippen molar-refractivity contribution in [1.82, 2.24) is 15.0 Å². The van der Waals surface area contributed by atoms with E-state index in [-0.39, 0.29) is 40.1 Å². The highest BCUT2D eigenvalue weighted by Gasteiger charge is 2.56. The molecule has 1 spiro atoms. The van der Waals surface area contributed by atoms with Gasteiger partial charge in [0.25, 0.3) is 0 Å². The molecule has 2 aromatic heterocycles. The number of nitrogens with zero attached hydrogens (tertiary/aromatic N) is 3. The van der Waals surface area contributed by atoms with Crippen LogP contribution in [0.1, 0.15) is 38.1 Å². The van der Waals surface area contributed by atoms with Gasteiger partial charge >= 0.3 is 0 Å². The first-order valence-corrected chi connectivity index (χ1v) is 14.3. The summed E-state index contributed by atoms with van der Waals surface area (Å²) in [6, 6.07) is 6.65. The summed E-state index contributed by atoms with van der Waals surface area (Å²) in [5.74, 6) is 0.00802. The van der Waals surface area contributed by atoms with Gasteiger partial charge < -0.3 is 10.6 Å². The fraction of sp³-hybridized carbons (Fsp3) is 0.360. The van der Waals surface area contributed by atoms with E-state index in [9.17, 15) is 13.2 Å². The molecule has 11 heteroatoms. The minimum atomic E-state index is -2.87. The molecular formula is C25H26FN5O3S2. The van der Waals surface area contributed by atoms with Gasteiger partial charge in [-0.25, -0.2) is 27.8 Å². The minimum Gasteiger partial charge on any atom is -0.351 e. The molecule has 36 heavy (non-hydrogen) atoms. The Morgan fingerprint density at radius 2 is 2.00 bits per heavy atom. The first-order valence-electron chi connectivity index (χ1n) is 11.6. The van der Waals surface area contributed by atoms with Gasteiger partial charge in [0.2, 0.25) is 11.9 Å². The summed E-state index contributed by atoms with van der Waals surface area (Å²) in [5.41, 5.74) is 2.07. The fourth-order valence-corrected chi connectivity index (χ4v) is 8.27. The molecule has 188 valence electrons. The minimum absolute atomic E-state index is 0.0804. The normalized spacial score (nSPS) is 17.8. The number of anilines is 2. The van der Waals surface area contributed by atoms with Crippen LogP contribution in [0.5, 0.6) is 0 Å². The summed E-state index contributed by atoms with van der Waals surface area (Å²) in [4.78, 5) is 25.9. The number of rotatable bonds is 7. The lowest BCUT2D eigenvalue weighted by Gasteiger charge is -2.53. The van der Waals surface area contributed by atoms with E-state index in [4.69, 9.17) is 4.98 Å². The van der Waals surface area contributed by atoms with Gasteiger partial charge in [-0.2, -0.15) is 0 Å². The van der Waals surface area contributed by atoms with Gasteiger partial charge in [0.1, 0.15) is 5.01 Å². The highest BCUT2D eigenvalue weighted by molar-refractivity contribution is 7.92. The fourth-order valence-electron chi connectivity index (χ4n) is 4.93. The number of sulfone groups is 1. The lowest BCUT2D eigenvalue weighted by molar-refractivity contribution is -0.114. The molecule has 1 saturated carbocycles. The summed E-state index contributed by atoms with van der Waals surface area (Å²) in [5, 5.41) is 6.52. The smallest absolute Gasteiger partial charge is 0.223 e. The SMILES string of the molecule is C=C(CC)c1nc(-c2cccc(NC(C)=O)c2F)c(-c2ccnc(NC3CC4(C3)CS(=O)(=O)C4)n2)s1. The Bertz CT molecular complexity index is 1460. The number of hydrogen-bond acceptors (Lipinski definition) is 8. The average molecular weight is 528 g/mol. The number of hydrogen-bond donors (Lipinski definition) is 2. The quantitative estimate of drug-likeness (QED) is 0.455. The topological polar surface area (TPSA) is 114 Å². The Morgan fingerprint density at radius 1 is 1.25 bits per heavy atom. The molecule has 0 unspecified atom stereocenters. The molecule has 1 aromatic carbocycles. The molecule has 2 fully saturated rings. The van der Waals surface area contributed by atoms with Crippen LogP contribution in [0.25, 0.3) is 27.4 Å². The van der Waals surface area contributed by atoms with Crippen LogP contribution in [0, 0.1) is 11.2 Å². The number of nitrogens with one attached hydrogen (secondary N) is 2. The third kappa shape index (κ3) is 4.64. The number of halogens is 1. The van der Waals surface area contributed by atoms with Crippen molar-refractivity contribution in [3.8, 4) is 21.8 Å². The van der Waals surface area contributed by atoms with Gasteiger partial charge in [-0.05, 0) is 43.0 Å². The van der Waals surface area contributed by atoms with Crippen LogP contribution in [0.2, 0.25) is 0 Å². The molecule has 0 atom stereocenters. The zero-order valence-corrected chi connectivity index (χ0v) is 21.6. The van der Waals surface area contributed by atoms with E-state index >= 15 is 4.39 Å². The van der Waals surface area contributed by atoms with Crippen LogP contribution in [0.3, 0.4) is 0 Å². The maximum atomic E-state index is 15.4. The van der Waals surface area contributed by atoms with E-state index in [0.29, 0.717) is 33.6 Å². The molecule has 0 radical (unpaired) electrons. The predicted molar refractivity (Wildman–Crippen MR) is 140 cm³/mol. The maximum absolute atomic E-state index is 15.4. The Balaban J connectivity index is 1.46. The number of thiazole rings is 1. The second-order valence-corrected chi connectivity index (χ2v) is 12.6. The van der Waals surface area contributed by atoms with Crippen molar-refractivity contribution in [2.45, 2.75) is 39.2 Å². The molecule has 1 amide bonds. The van der Waals surface area contributed by atoms with Crippen molar-refractivity contribution in [1.29, 1.82) is 0 Å². The van der Waals surface area contributed by atoms with Crippen LogP contribution in [0.4, 0.5) is 16.0 Å². The van der Waals surface area contributed by atoms with Crippen LogP contribution in [-0.4, -0.2) is 46.8 Å². The van der Waals surface area contributed by atoms with E-state index in [0.717, 1.165) is 18.4 Å². The summed E-state index contributed by atoms with van der Waals surface area (Å²) in [7, 11) is -2.87. The Hall–Kier alpha value is -3.18. The number of carbonyl (C=O) groups is 1. The van der Waals surface area contributed by atoms with E-state index in [1.165, 1.54) is 24.3 Å². The Kier molecular flexibility index (Phi) is 6.16. The van der Waals surface area contributed by atoms with Gasteiger partial charge in [-0.3, -0.25) is 4.79 Å². The molecular weight excluding hydrogens is 501 g/mol. The number of carbonyl (C=O) groups excluding carboxylic acids is 1. The van der Waals surface area contributed by atoms with Crippen molar-refractivity contribution < 1.29 is 17.6 Å². The van der Waals surface area contributed by atoms with Gasteiger partial charge in [-0.15, -0.1) is 11.3 Å². The summed E-state index contributed by atoms with van der Waals surface area (Å²) in [6.45, 7) is 7.39. The molecule has 2 aliphatic rings. The molecule has 2 N–H and O–H groups in total. The van der Waals surface area contributed by atoms with E-state index in [1.807, 2.05) is 6.92 Å². The van der Waals surface area contributed by atoms with Gasteiger partial charge in [0.15, 0.2) is 15.7 Å². The third-order valence-corrected chi connectivity index (χ3v) is 9.84. The van der Waals surface area contributed by atoms with Crippen molar-refractivity contribution in [3.63, 3.8) is 0 Å². The molecule has 8 nitrogen and oxygen atoms in total. The second-order valence-electron chi connectivity index (χ2n) is 9.55. The van der Waals surface area contributed by atoms with Crippen molar-refractivity contribution in [2.24, 2.45) is 5.41 Å². The van der Waals surface area contributed by atoms with E-state index in [1.54, 1.807) is 24.4 Å². The largest absolute Gasteiger partial charge is 0.351 e. The highest BCUT2D eigenvalue weighted by Crippen LogP contribution is 2.50. The lowest BCUT2D eigenvalue weighted by atomic mass is 9.67. The number of benzene rings is 1. The summed E-state index contributed by atoms with van der Waals surface area (Å²) >= 11 is 1.38. The Labute approximate surface area is 213 Å².